The fourth-order valence-electron chi connectivity index (χ4n) is 3.42. The maximum atomic E-state index is 15.2. The van der Waals surface area contributed by atoms with E-state index in [9.17, 15) is 58.3 Å². The molecule has 0 fully saturated rings. The minimum atomic E-state index is -6.72. The molecule has 5 nitrogen and oxygen atoms in total. The van der Waals surface area contributed by atoms with Crippen molar-refractivity contribution in [2.45, 2.75) is 24.2 Å². The number of nitrogens with one attached hydrogen (secondary N) is 1. The van der Waals surface area contributed by atoms with E-state index in [1.165, 1.54) is 0 Å². The van der Waals surface area contributed by atoms with Crippen molar-refractivity contribution in [3.63, 3.8) is 0 Å². The summed E-state index contributed by atoms with van der Waals surface area (Å²) >= 11 is 7.25. The van der Waals surface area contributed by atoms with Crippen LogP contribution in [0.15, 0.2) is 53.1 Å². The number of alkyl halides is 10. The predicted octanol–water partition coefficient (Wildman–Crippen LogP) is 8.25. The maximum absolute atomic E-state index is 15.2. The highest BCUT2D eigenvalue weighted by atomic mass is 79.9. The van der Waals surface area contributed by atoms with Crippen LogP contribution in [0.2, 0.25) is 0 Å². The van der Waals surface area contributed by atoms with Gasteiger partial charge in [-0.25, -0.2) is 13.8 Å². The average molecular weight is 700 g/mol. The third-order valence-electron chi connectivity index (χ3n) is 5.43. The first-order chi connectivity index (χ1) is 19.1. The monoisotopic (exact) mass is 699 g/mol. The number of hydroxylamine groups is 1. The zero-order chi connectivity index (χ0) is 32.0. The molecular formula is C23H10BrF12N3O2S. The number of halogens is 13. The largest absolute Gasteiger partial charge is 0.435 e. The van der Waals surface area contributed by atoms with Gasteiger partial charge in [-0.15, -0.1) is 0 Å². The minimum Gasteiger partial charge on any atom is -0.345 e. The number of benzene rings is 2. The number of pyridine rings is 1. The van der Waals surface area contributed by atoms with Crippen LogP contribution in [-0.4, -0.2) is 33.4 Å². The first-order valence-corrected chi connectivity index (χ1v) is 11.8. The summed E-state index contributed by atoms with van der Waals surface area (Å²) in [5, 5.41) is 11.8. The summed E-state index contributed by atoms with van der Waals surface area (Å²) in [6.07, 6.45) is -18.5. The molecule has 0 radical (unpaired) electrons. The van der Waals surface area contributed by atoms with Crippen molar-refractivity contribution in [2.24, 2.45) is 0 Å². The molecule has 19 heteroatoms. The Balaban J connectivity index is 2.07. The van der Waals surface area contributed by atoms with E-state index in [0.717, 1.165) is 30.3 Å². The Labute approximate surface area is 239 Å². The van der Waals surface area contributed by atoms with Crippen LogP contribution < -0.4 is 10.4 Å². The normalized spacial score (nSPS) is 12.7. The van der Waals surface area contributed by atoms with Gasteiger partial charge in [-0.1, -0.05) is 18.3 Å². The molecule has 226 valence electrons. The second-order valence-electron chi connectivity index (χ2n) is 8.11. The number of rotatable bonds is 5. The summed E-state index contributed by atoms with van der Waals surface area (Å²) in [5.41, 5.74) is -14.4. The van der Waals surface area contributed by atoms with Gasteiger partial charge in [0.05, 0.1) is 16.8 Å². The van der Waals surface area contributed by atoms with Crippen molar-refractivity contribution >= 4 is 50.4 Å². The average Bonchev–Trinajstić information content (AvgIpc) is 2.86. The van der Waals surface area contributed by atoms with Gasteiger partial charge in [0.25, 0.3) is 5.91 Å². The van der Waals surface area contributed by atoms with Crippen LogP contribution in [0.1, 0.15) is 27.0 Å². The topological polar surface area (TPSA) is 65.5 Å². The van der Waals surface area contributed by atoms with Gasteiger partial charge in [-0.05, 0) is 52.3 Å². The molecule has 2 N–H and O–H groups in total. The predicted molar refractivity (Wildman–Crippen MR) is 129 cm³/mol. The summed E-state index contributed by atoms with van der Waals surface area (Å²) in [4.78, 5) is 14.6. The molecule has 42 heavy (non-hydrogen) atoms. The number of aromatic nitrogens is 1. The highest BCUT2D eigenvalue weighted by Gasteiger charge is 2.73. The molecule has 1 amide bonds. The van der Waals surface area contributed by atoms with Gasteiger partial charge in [0.1, 0.15) is 10.7 Å². The molecule has 0 saturated carbocycles. The quantitative estimate of drug-likeness (QED) is 0.0924. The van der Waals surface area contributed by atoms with Gasteiger partial charge in [0.15, 0.2) is 5.82 Å². The molecule has 0 saturated heterocycles. The number of carbonyl (C=O) groups is 1. The first-order valence-electron chi connectivity index (χ1n) is 10.6. The number of amides is 1. The summed E-state index contributed by atoms with van der Waals surface area (Å²) in [6, 6.07) is 3.30. The number of carbonyl (C=O) groups excluding carboxylic acids is 1. The molecule has 0 aliphatic rings. The lowest BCUT2D eigenvalue weighted by Gasteiger charge is -2.31. The molecule has 3 rings (SSSR count). The van der Waals surface area contributed by atoms with Crippen LogP contribution in [0.3, 0.4) is 0 Å². The number of thiocarbonyl (C=S) groups is 1. The Kier molecular flexibility index (Phi) is 8.91. The zero-order valence-corrected chi connectivity index (χ0v) is 22.1. The van der Waals surface area contributed by atoms with Gasteiger partial charge < -0.3 is 5.32 Å². The van der Waals surface area contributed by atoms with Crippen molar-refractivity contribution in [2.75, 3.05) is 10.4 Å². The summed E-state index contributed by atoms with van der Waals surface area (Å²) in [7, 11) is 0. The molecule has 0 aliphatic heterocycles. The molecule has 1 aromatic heterocycles. The Hall–Kier alpha value is -3.45. The molecule has 0 unspecified atom stereocenters. The van der Waals surface area contributed by atoms with E-state index in [1.807, 2.05) is 5.32 Å². The molecule has 3 aromatic rings. The molecule has 0 atom stereocenters. The van der Waals surface area contributed by atoms with Gasteiger partial charge in [0, 0.05) is 21.8 Å². The van der Waals surface area contributed by atoms with Crippen molar-refractivity contribution in [3.05, 3.63) is 87.2 Å². The van der Waals surface area contributed by atoms with Crippen LogP contribution in [-0.2, 0) is 11.8 Å². The zero-order valence-electron chi connectivity index (χ0n) is 19.7. The Morgan fingerprint density at radius 1 is 0.929 bits per heavy atom. The fraction of sp³-hybridized carbons (Fsp3) is 0.174. The molecular weight excluding hydrogens is 690 g/mol. The number of hydrogen-bond donors (Lipinski definition) is 2. The number of anilines is 2. The van der Waals surface area contributed by atoms with E-state index in [4.69, 9.17) is 12.2 Å². The maximum Gasteiger partial charge on any atom is 0.435 e. The lowest BCUT2D eigenvalue weighted by Crippen LogP contribution is -2.50. The number of hydrogen-bond acceptors (Lipinski definition) is 4. The van der Waals surface area contributed by atoms with E-state index >= 15 is 4.39 Å². The Morgan fingerprint density at radius 2 is 1.52 bits per heavy atom. The lowest BCUT2D eigenvalue weighted by molar-refractivity contribution is -0.348. The van der Waals surface area contributed by atoms with Gasteiger partial charge in [0.2, 0.25) is 5.95 Å². The highest BCUT2D eigenvalue weighted by molar-refractivity contribution is 9.10. The van der Waals surface area contributed by atoms with Crippen molar-refractivity contribution < 1.29 is 62.7 Å². The van der Waals surface area contributed by atoms with Crippen LogP contribution in [0.4, 0.5) is 64.1 Å². The van der Waals surface area contributed by atoms with E-state index in [2.05, 4.69) is 20.9 Å². The standard InChI is InChI=1S/C23H10BrF12N3O2S/c24-13-7-10(20(27,22(31,32)33)23(34,35)36)6-12(21(28,29)30)17(13)38-18(42)11-2-1-3-14(16(11)26)39(41)19(40)9-4-5-15(25)37-8-9/h1-8,41H,(H,38,42). The SMILES string of the molecule is O=C(c1ccc(F)nc1)N(O)c1cccc(C(=S)Nc2c(Br)cc(C(F)(C(F)(F)F)C(F)(F)F)cc2C(F)(F)F)c1F. The van der Waals surface area contributed by atoms with Crippen molar-refractivity contribution in [3.8, 4) is 0 Å². The molecule has 1 heterocycles. The lowest BCUT2D eigenvalue weighted by atomic mass is 9.92. The molecule has 0 aliphatic carbocycles. The van der Waals surface area contributed by atoms with E-state index in [0.29, 0.717) is 6.20 Å². The third-order valence-corrected chi connectivity index (χ3v) is 6.38. The summed E-state index contributed by atoms with van der Waals surface area (Å²) < 4.78 is 162. The molecule has 2 aromatic carbocycles. The van der Waals surface area contributed by atoms with E-state index in [-0.39, 0.29) is 11.1 Å². The minimum absolute atomic E-state index is 0.210. The van der Waals surface area contributed by atoms with Crippen LogP contribution >= 0.6 is 28.1 Å². The Bertz CT molecular complexity index is 1510. The van der Waals surface area contributed by atoms with Crippen molar-refractivity contribution in [1.29, 1.82) is 0 Å². The van der Waals surface area contributed by atoms with Crippen molar-refractivity contribution in [1.82, 2.24) is 4.98 Å². The number of nitrogens with zero attached hydrogens (tertiary/aromatic N) is 2. The fourth-order valence-corrected chi connectivity index (χ4v) is 4.24. The van der Waals surface area contributed by atoms with Gasteiger partial charge >= 0.3 is 24.2 Å². The van der Waals surface area contributed by atoms with E-state index < -0.39 is 91.0 Å². The highest BCUT2D eigenvalue weighted by Crippen LogP contribution is 2.55. The van der Waals surface area contributed by atoms with Crippen LogP contribution in [0, 0.1) is 11.8 Å². The van der Waals surface area contributed by atoms with Crippen LogP contribution in [0.25, 0.3) is 0 Å². The van der Waals surface area contributed by atoms with Gasteiger partial charge in [-0.3, -0.25) is 10.0 Å². The second kappa shape index (κ2) is 11.3. The molecule has 0 spiro atoms. The summed E-state index contributed by atoms with van der Waals surface area (Å²) in [5.74, 6) is -3.86. The molecule has 0 bridgehead atoms. The smallest absolute Gasteiger partial charge is 0.345 e. The first kappa shape index (κ1) is 33.1. The van der Waals surface area contributed by atoms with Crippen LogP contribution in [0.5, 0.6) is 0 Å². The van der Waals surface area contributed by atoms with E-state index in [1.54, 1.807) is 0 Å². The second-order valence-corrected chi connectivity index (χ2v) is 9.37. The third kappa shape index (κ3) is 6.17. The van der Waals surface area contributed by atoms with Gasteiger partial charge in [-0.2, -0.15) is 49.0 Å². The Morgan fingerprint density at radius 3 is 2.02 bits per heavy atom. The summed E-state index contributed by atoms with van der Waals surface area (Å²) in [6.45, 7) is 0.